The number of benzene rings is 1. The molecule has 1 aliphatic heterocycles. The number of rotatable bonds is 3. The molecule has 11 heteroatoms. The summed E-state index contributed by atoms with van der Waals surface area (Å²) in [6.07, 6.45) is 3.93. The fourth-order valence-electron chi connectivity index (χ4n) is 3.56. The minimum atomic E-state index is -3.70. The van der Waals surface area contributed by atoms with Gasteiger partial charge in [-0.15, -0.1) is 24.8 Å². The molecule has 0 unspecified atom stereocenters. The fraction of sp³-hybridized carbons (Fsp3) is 0.444. The van der Waals surface area contributed by atoms with Crippen molar-refractivity contribution in [1.29, 1.82) is 0 Å². The summed E-state index contributed by atoms with van der Waals surface area (Å²) in [6.45, 7) is 4.87. The van der Waals surface area contributed by atoms with E-state index in [1.54, 1.807) is 29.4 Å². The van der Waals surface area contributed by atoms with E-state index in [-0.39, 0.29) is 48.8 Å². The van der Waals surface area contributed by atoms with E-state index in [9.17, 15) is 13.2 Å². The Hall–Kier alpha value is -1.49. The molecule has 3 rings (SSSR count). The van der Waals surface area contributed by atoms with Gasteiger partial charge >= 0.3 is 0 Å². The normalized spacial score (nSPS) is 17.5. The average Bonchev–Trinajstić information content (AvgIpc) is 2.83. The number of hydrogen-bond acceptors (Lipinski definition) is 5. The summed E-state index contributed by atoms with van der Waals surface area (Å²) in [7, 11) is -3.70. The van der Waals surface area contributed by atoms with Crippen LogP contribution in [0.15, 0.2) is 35.5 Å². The van der Waals surface area contributed by atoms with E-state index < -0.39 is 10.0 Å². The lowest BCUT2D eigenvalue weighted by atomic mass is 10.1. The molecule has 1 fully saturated rings. The highest BCUT2D eigenvalue weighted by molar-refractivity contribution is 7.89. The van der Waals surface area contributed by atoms with Crippen LogP contribution >= 0.6 is 24.8 Å². The lowest BCUT2D eigenvalue weighted by Gasteiger charge is -2.28. The van der Waals surface area contributed by atoms with Gasteiger partial charge in [0.2, 0.25) is 15.9 Å². The van der Waals surface area contributed by atoms with Crippen LogP contribution in [0.1, 0.15) is 18.9 Å². The van der Waals surface area contributed by atoms with Crippen molar-refractivity contribution in [2.24, 2.45) is 5.73 Å². The van der Waals surface area contributed by atoms with Gasteiger partial charge in [0, 0.05) is 48.8 Å². The summed E-state index contributed by atoms with van der Waals surface area (Å²) in [6, 6.07) is 4.92. The second kappa shape index (κ2) is 11.1. The summed E-state index contributed by atoms with van der Waals surface area (Å²) in [5, 5.41) is 1.50. The summed E-state index contributed by atoms with van der Waals surface area (Å²) < 4.78 is 28.4. The highest BCUT2D eigenvalue weighted by Gasteiger charge is 2.34. The Morgan fingerprint density at radius 3 is 2.59 bits per heavy atom. The first kappa shape index (κ1) is 27.5. The second-order valence-electron chi connectivity index (χ2n) is 6.67. The molecule has 1 atom stereocenters. The van der Waals surface area contributed by atoms with Gasteiger partial charge in [0.1, 0.15) is 0 Å². The molecule has 2 aromatic rings. The lowest BCUT2D eigenvalue weighted by Crippen LogP contribution is -2.45. The van der Waals surface area contributed by atoms with Gasteiger partial charge in [-0.05, 0) is 31.9 Å². The molecule has 2 heterocycles. The third-order valence-electron chi connectivity index (χ3n) is 4.83. The van der Waals surface area contributed by atoms with Crippen LogP contribution in [0.3, 0.4) is 0 Å². The number of hydrogen-bond donors (Lipinski definition) is 1. The summed E-state index contributed by atoms with van der Waals surface area (Å²) in [5.74, 6) is -0.150. The lowest BCUT2D eigenvalue weighted by molar-refractivity contribution is -0.129. The zero-order valence-corrected chi connectivity index (χ0v) is 18.8. The van der Waals surface area contributed by atoms with Crippen molar-refractivity contribution in [3.63, 3.8) is 0 Å². The summed E-state index contributed by atoms with van der Waals surface area (Å²) in [5.41, 5.74) is 6.28. The predicted molar refractivity (Wildman–Crippen MR) is 118 cm³/mol. The quantitative estimate of drug-likeness (QED) is 0.724. The minimum absolute atomic E-state index is 0. The molecule has 1 aromatic heterocycles. The SMILES string of the molecule is Cc1cncc2cccc(S(=O)(=O)N3CCCN(C(=O)CN)C[C@H]3C)c12.Cl.Cl.O. The van der Waals surface area contributed by atoms with Crippen LogP contribution in [-0.2, 0) is 14.8 Å². The molecule has 0 radical (unpaired) electrons. The highest BCUT2D eigenvalue weighted by Crippen LogP contribution is 2.29. The molecule has 0 saturated carbocycles. The first-order valence-corrected chi connectivity index (χ1v) is 10.1. The van der Waals surface area contributed by atoms with Gasteiger partial charge in [-0.3, -0.25) is 9.78 Å². The maximum absolute atomic E-state index is 13.4. The zero-order valence-electron chi connectivity index (χ0n) is 16.4. The zero-order chi connectivity index (χ0) is 18.9. The van der Waals surface area contributed by atoms with Crippen LogP contribution in [0, 0.1) is 6.92 Å². The van der Waals surface area contributed by atoms with E-state index in [4.69, 9.17) is 5.73 Å². The van der Waals surface area contributed by atoms with Crippen LogP contribution in [-0.4, -0.2) is 66.2 Å². The average molecular weight is 467 g/mol. The van der Waals surface area contributed by atoms with Gasteiger partial charge in [0.25, 0.3) is 0 Å². The smallest absolute Gasteiger partial charge is 0.244 e. The highest BCUT2D eigenvalue weighted by atomic mass is 35.5. The minimum Gasteiger partial charge on any atom is -0.412 e. The predicted octanol–water partition coefficient (Wildman–Crippen LogP) is 1.13. The number of halogens is 2. The molecular formula is C18H28Cl2N4O4S. The van der Waals surface area contributed by atoms with Crippen LogP contribution in [0.5, 0.6) is 0 Å². The number of amides is 1. The molecule has 0 aliphatic carbocycles. The second-order valence-corrected chi connectivity index (χ2v) is 8.53. The molecule has 1 aliphatic rings. The van der Waals surface area contributed by atoms with E-state index >= 15 is 0 Å². The Bertz CT molecular complexity index is 937. The maximum Gasteiger partial charge on any atom is 0.244 e. The first-order chi connectivity index (χ1) is 12.4. The standard InChI is InChI=1S/C18H24N4O3S.2ClH.H2O/c1-13-10-20-11-15-5-3-6-16(18(13)15)26(24,25)22-8-4-7-21(12-14(22)2)17(23)9-19;;;/h3,5-6,10-11,14H,4,7-9,12,19H2,1-2H3;2*1H;1H2/t14-;;;/m1.../s1. The topological polar surface area (TPSA) is 128 Å². The van der Waals surface area contributed by atoms with Crippen molar-refractivity contribution < 1.29 is 18.7 Å². The molecule has 8 nitrogen and oxygen atoms in total. The largest absolute Gasteiger partial charge is 0.412 e. The van der Waals surface area contributed by atoms with E-state index in [0.717, 1.165) is 10.9 Å². The van der Waals surface area contributed by atoms with Crippen molar-refractivity contribution in [2.45, 2.75) is 31.2 Å². The van der Waals surface area contributed by atoms with Gasteiger partial charge in [-0.2, -0.15) is 4.31 Å². The number of carbonyl (C=O) groups is 1. The Balaban J connectivity index is 0.00000261. The first-order valence-electron chi connectivity index (χ1n) is 8.69. The molecule has 164 valence electrons. The van der Waals surface area contributed by atoms with Gasteiger partial charge < -0.3 is 16.1 Å². The molecule has 29 heavy (non-hydrogen) atoms. The molecule has 1 amide bonds. The molecule has 1 aromatic carbocycles. The number of aryl methyl sites for hydroxylation is 1. The Morgan fingerprint density at radius 1 is 1.24 bits per heavy atom. The molecule has 1 saturated heterocycles. The molecule has 0 spiro atoms. The number of aromatic nitrogens is 1. The van der Waals surface area contributed by atoms with E-state index in [2.05, 4.69) is 4.98 Å². The third kappa shape index (κ3) is 5.36. The van der Waals surface area contributed by atoms with E-state index in [0.29, 0.717) is 36.3 Å². The number of pyridine rings is 1. The Labute approximate surface area is 183 Å². The van der Waals surface area contributed by atoms with Gasteiger partial charge in [-0.25, -0.2) is 8.42 Å². The van der Waals surface area contributed by atoms with Crippen LogP contribution < -0.4 is 5.73 Å². The van der Waals surface area contributed by atoms with Gasteiger partial charge in [0.15, 0.2) is 0 Å². The van der Waals surface area contributed by atoms with Gasteiger partial charge in [0.05, 0.1) is 11.4 Å². The van der Waals surface area contributed by atoms with E-state index in [1.807, 2.05) is 19.9 Å². The van der Waals surface area contributed by atoms with Gasteiger partial charge in [-0.1, -0.05) is 12.1 Å². The Kier molecular flexibility index (Phi) is 10.5. The number of fused-ring (bicyclic) bond motifs is 1. The fourth-order valence-corrected chi connectivity index (χ4v) is 5.51. The van der Waals surface area contributed by atoms with Crippen molar-refractivity contribution in [2.75, 3.05) is 26.2 Å². The Morgan fingerprint density at radius 2 is 1.93 bits per heavy atom. The van der Waals surface area contributed by atoms with Crippen LogP contribution in [0.2, 0.25) is 0 Å². The number of sulfonamides is 1. The van der Waals surface area contributed by atoms with E-state index in [1.165, 1.54) is 4.31 Å². The molecule has 0 bridgehead atoms. The van der Waals surface area contributed by atoms with Crippen LogP contribution in [0.4, 0.5) is 0 Å². The maximum atomic E-state index is 13.4. The molecule has 4 N–H and O–H groups in total. The van der Waals surface area contributed by atoms with Crippen molar-refractivity contribution in [3.05, 3.63) is 36.2 Å². The number of nitrogens with zero attached hydrogens (tertiary/aromatic N) is 3. The van der Waals surface area contributed by atoms with Crippen LogP contribution in [0.25, 0.3) is 10.8 Å². The monoisotopic (exact) mass is 466 g/mol. The number of nitrogens with two attached hydrogens (primary N) is 1. The van der Waals surface area contributed by atoms with Crippen molar-refractivity contribution >= 4 is 51.5 Å². The number of carbonyl (C=O) groups excluding carboxylic acids is 1. The summed E-state index contributed by atoms with van der Waals surface area (Å²) >= 11 is 0. The van der Waals surface area contributed by atoms with Crippen molar-refractivity contribution in [3.8, 4) is 0 Å². The molecular weight excluding hydrogens is 439 g/mol. The van der Waals surface area contributed by atoms with Crippen molar-refractivity contribution in [1.82, 2.24) is 14.2 Å². The third-order valence-corrected chi connectivity index (χ3v) is 6.89. The summed E-state index contributed by atoms with van der Waals surface area (Å²) in [4.78, 5) is 18.0.